The normalized spacial score (nSPS) is 17.0. The Bertz CT molecular complexity index is 748. The third kappa shape index (κ3) is 3.17. The molecule has 2 amide bonds. The van der Waals surface area contributed by atoms with E-state index in [1.165, 1.54) is 4.88 Å². The fourth-order valence-corrected chi connectivity index (χ4v) is 4.41. The Hall–Kier alpha value is -1.89. The Morgan fingerprint density at radius 2 is 2.25 bits per heavy atom. The average Bonchev–Trinajstić information content (AvgIpc) is 3.07. The van der Waals surface area contributed by atoms with E-state index in [4.69, 9.17) is 0 Å². The minimum atomic E-state index is -0.0891. The van der Waals surface area contributed by atoms with Crippen LogP contribution in [0, 0.1) is 6.92 Å². The van der Waals surface area contributed by atoms with E-state index in [1.54, 1.807) is 16.0 Å². The van der Waals surface area contributed by atoms with Crippen LogP contribution in [0.25, 0.3) is 0 Å². The molecule has 0 fully saturated rings. The van der Waals surface area contributed by atoms with Crippen molar-refractivity contribution < 1.29 is 4.79 Å². The number of aromatic nitrogens is 3. The first-order valence-electron chi connectivity index (χ1n) is 8.40. The molecular formula is C17H25N5OS. The van der Waals surface area contributed by atoms with E-state index in [-0.39, 0.29) is 18.0 Å². The molecule has 1 aliphatic carbocycles. The number of amides is 2. The van der Waals surface area contributed by atoms with Crippen LogP contribution in [0.3, 0.4) is 0 Å². The summed E-state index contributed by atoms with van der Waals surface area (Å²) in [4.78, 5) is 20.4. The Morgan fingerprint density at radius 3 is 2.96 bits per heavy atom. The molecule has 24 heavy (non-hydrogen) atoms. The Labute approximate surface area is 146 Å². The third-order valence-corrected chi connectivity index (χ3v) is 5.58. The van der Waals surface area contributed by atoms with Crippen molar-refractivity contribution in [3.05, 3.63) is 27.5 Å². The summed E-state index contributed by atoms with van der Waals surface area (Å²) in [5.74, 6) is 0.261. The lowest BCUT2D eigenvalue weighted by atomic mass is 9.97. The zero-order chi connectivity index (χ0) is 17.4. The quantitative estimate of drug-likeness (QED) is 0.917. The number of carbonyl (C=O) groups excluding carboxylic acids is 1. The lowest BCUT2D eigenvalue weighted by molar-refractivity contribution is 0.198. The van der Waals surface area contributed by atoms with Gasteiger partial charge in [-0.25, -0.2) is 9.78 Å². The van der Waals surface area contributed by atoms with E-state index in [2.05, 4.69) is 29.2 Å². The van der Waals surface area contributed by atoms with Gasteiger partial charge >= 0.3 is 6.03 Å². The maximum atomic E-state index is 12.8. The minimum Gasteiger partial charge on any atom is -0.320 e. The van der Waals surface area contributed by atoms with Crippen molar-refractivity contribution in [3.8, 4) is 0 Å². The van der Waals surface area contributed by atoms with Gasteiger partial charge < -0.3 is 10.2 Å². The van der Waals surface area contributed by atoms with Gasteiger partial charge in [0.05, 0.1) is 33.0 Å². The summed E-state index contributed by atoms with van der Waals surface area (Å²) in [6.07, 6.45) is 4.95. The van der Waals surface area contributed by atoms with Gasteiger partial charge in [0.2, 0.25) is 0 Å². The summed E-state index contributed by atoms with van der Waals surface area (Å²) >= 11 is 1.71. The summed E-state index contributed by atoms with van der Waals surface area (Å²) in [5.41, 5.74) is 2.87. The standard InChI is InChI=1S/C17H25N5OS/c1-10(2)15-13(9-21(4)20-15)19-17(23)22(5)14-8-6-7-12-16(14)24-11(3)18-12/h9-10,14H,6-8H2,1-5H3,(H,19,23). The second kappa shape index (κ2) is 6.55. The highest BCUT2D eigenvalue weighted by Crippen LogP contribution is 2.37. The number of nitrogens with zero attached hydrogens (tertiary/aromatic N) is 4. The van der Waals surface area contributed by atoms with Crippen molar-refractivity contribution in [2.24, 2.45) is 7.05 Å². The molecule has 2 heterocycles. The molecule has 0 radical (unpaired) electrons. The highest BCUT2D eigenvalue weighted by Gasteiger charge is 2.30. The summed E-state index contributed by atoms with van der Waals surface area (Å²) in [5, 5.41) is 8.56. The smallest absolute Gasteiger partial charge is 0.320 e. The highest BCUT2D eigenvalue weighted by atomic mass is 32.1. The van der Waals surface area contributed by atoms with Crippen molar-refractivity contribution in [1.29, 1.82) is 0 Å². The Morgan fingerprint density at radius 1 is 1.50 bits per heavy atom. The molecule has 7 heteroatoms. The highest BCUT2D eigenvalue weighted by molar-refractivity contribution is 7.11. The molecule has 1 unspecified atom stereocenters. The van der Waals surface area contributed by atoms with Crippen molar-refractivity contribution in [2.45, 2.75) is 52.0 Å². The maximum Gasteiger partial charge on any atom is 0.322 e. The molecule has 1 aliphatic rings. The molecule has 0 aliphatic heterocycles. The molecule has 6 nitrogen and oxygen atoms in total. The summed E-state index contributed by atoms with van der Waals surface area (Å²) in [6, 6.07) is 0.0212. The fraction of sp³-hybridized carbons (Fsp3) is 0.588. The largest absolute Gasteiger partial charge is 0.322 e. The number of rotatable bonds is 3. The van der Waals surface area contributed by atoms with E-state index in [0.29, 0.717) is 0 Å². The summed E-state index contributed by atoms with van der Waals surface area (Å²) < 4.78 is 1.75. The average molecular weight is 347 g/mol. The number of thiazole rings is 1. The molecule has 2 aromatic rings. The van der Waals surface area contributed by atoms with Crippen LogP contribution in [0.5, 0.6) is 0 Å². The SMILES string of the molecule is Cc1nc2c(s1)C(N(C)C(=O)Nc1cn(C)nc1C(C)C)CCC2. The minimum absolute atomic E-state index is 0.0891. The number of fused-ring (bicyclic) bond motifs is 1. The molecule has 0 saturated heterocycles. The molecule has 130 valence electrons. The van der Waals surface area contributed by atoms with Crippen molar-refractivity contribution in [2.75, 3.05) is 12.4 Å². The predicted molar refractivity (Wildman–Crippen MR) is 96.6 cm³/mol. The summed E-state index contributed by atoms with van der Waals surface area (Å²) in [6.45, 7) is 6.19. The molecule has 1 N–H and O–H groups in total. The van der Waals surface area contributed by atoms with Crippen LogP contribution in [0.15, 0.2) is 6.20 Å². The first kappa shape index (κ1) is 17.0. The second-order valence-electron chi connectivity index (χ2n) is 6.75. The topological polar surface area (TPSA) is 63.1 Å². The predicted octanol–water partition coefficient (Wildman–Crippen LogP) is 3.85. The summed E-state index contributed by atoms with van der Waals surface area (Å²) in [7, 11) is 3.74. The lowest BCUT2D eigenvalue weighted by Gasteiger charge is -2.30. The first-order chi connectivity index (χ1) is 11.4. The van der Waals surface area contributed by atoms with Crippen molar-refractivity contribution in [3.63, 3.8) is 0 Å². The van der Waals surface area contributed by atoms with Crippen LogP contribution in [-0.4, -0.2) is 32.7 Å². The molecule has 1 atom stereocenters. The number of anilines is 1. The van der Waals surface area contributed by atoms with E-state index < -0.39 is 0 Å². The molecule has 0 saturated carbocycles. The zero-order valence-corrected chi connectivity index (χ0v) is 15.8. The van der Waals surface area contributed by atoms with Crippen molar-refractivity contribution in [1.82, 2.24) is 19.7 Å². The lowest BCUT2D eigenvalue weighted by Crippen LogP contribution is -2.36. The van der Waals surface area contributed by atoms with Gasteiger partial charge in [0.25, 0.3) is 0 Å². The van der Waals surface area contributed by atoms with E-state index in [9.17, 15) is 4.79 Å². The zero-order valence-electron chi connectivity index (χ0n) is 15.0. The molecule has 0 aromatic carbocycles. The van der Waals surface area contributed by atoms with Gasteiger partial charge in [0, 0.05) is 20.3 Å². The van der Waals surface area contributed by atoms with E-state index >= 15 is 0 Å². The number of hydrogen-bond donors (Lipinski definition) is 1. The van der Waals surface area contributed by atoms with Crippen LogP contribution in [0.2, 0.25) is 0 Å². The van der Waals surface area contributed by atoms with Gasteiger partial charge in [-0.3, -0.25) is 4.68 Å². The van der Waals surface area contributed by atoms with Crippen LogP contribution in [-0.2, 0) is 13.5 Å². The molecule has 0 spiro atoms. The van der Waals surface area contributed by atoms with E-state index in [0.717, 1.165) is 41.3 Å². The molecule has 0 bridgehead atoms. The van der Waals surface area contributed by atoms with Crippen LogP contribution in [0.1, 0.15) is 59.9 Å². The molecular weight excluding hydrogens is 322 g/mol. The molecule has 2 aromatic heterocycles. The van der Waals surface area contributed by atoms with E-state index in [1.807, 2.05) is 32.1 Å². The fourth-order valence-electron chi connectivity index (χ4n) is 3.26. The number of hydrogen-bond acceptors (Lipinski definition) is 4. The number of nitrogens with one attached hydrogen (secondary N) is 1. The first-order valence-corrected chi connectivity index (χ1v) is 9.22. The third-order valence-electron chi connectivity index (χ3n) is 4.46. The van der Waals surface area contributed by atoms with Gasteiger partial charge in [-0.15, -0.1) is 11.3 Å². The molecule has 3 rings (SSSR count). The van der Waals surface area contributed by atoms with Gasteiger partial charge in [-0.2, -0.15) is 5.10 Å². The van der Waals surface area contributed by atoms with Gasteiger partial charge in [-0.05, 0) is 32.1 Å². The monoisotopic (exact) mass is 347 g/mol. The number of aryl methyl sites for hydroxylation is 3. The van der Waals surface area contributed by atoms with Gasteiger partial charge in [0.1, 0.15) is 0 Å². The number of carbonyl (C=O) groups is 1. The Balaban J connectivity index is 1.79. The van der Waals surface area contributed by atoms with Crippen LogP contribution < -0.4 is 5.32 Å². The van der Waals surface area contributed by atoms with Crippen LogP contribution in [0.4, 0.5) is 10.5 Å². The van der Waals surface area contributed by atoms with Gasteiger partial charge in [0.15, 0.2) is 0 Å². The van der Waals surface area contributed by atoms with Crippen molar-refractivity contribution >= 4 is 23.1 Å². The Kier molecular flexibility index (Phi) is 4.62. The van der Waals surface area contributed by atoms with Crippen LogP contribution >= 0.6 is 11.3 Å². The van der Waals surface area contributed by atoms with Gasteiger partial charge in [-0.1, -0.05) is 13.8 Å². The second-order valence-corrected chi connectivity index (χ2v) is 7.98. The maximum absolute atomic E-state index is 12.8. The number of urea groups is 1.